The first-order chi connectivity index (χ1) is 11.9. The van der Waals surface area contributed by atoms with Gasteiger partial charge in [0.25, 0.3) is 0 Å². The van der Waals surface area contributed by atoms with E-state index in [4.69, 9.17) is 9.47 Å². The van der Waals surface area contributed by atoms with Crippen molar-refractivity contribution in [3.63, 3.8) is 0 Å². The van der Waals surface area contributed by atoms with Gasteiger partial charge in [0.2, 0.25) is 11.8 Å². The van der Waals surface area contributed by atoms with E-state index in [2.05, 4.69) is 22.1 Å². The molecule has 1 aromatic carbocycles. The van der Waals surface area contributed by atoms with E-state index in [-0.39, 0.29) is 18.1 Å². The molecule has 0 fully saturated rings. The maximum absolute atomic E-state index is 10.9. The fourth-order valence-corrected chi connectivity index (χ4v) is 2.03. The molecule has 0 spiro atoms. The minimum atomic E-state index is -0.191. The highest BCUT2D eigenvalue weighted by molar-refractivity contribution is 5.73. The van der Waals surface area contributed by atoms with Crippen LogP contribution in [0.1, 0.15) is 33.3 Å². The van der Waals surface area contributed by atoms with Crippen LogP contribution in [-0.4, -0.2) is 23.0 Å². The molecule has 1 unspecified atom stereocenters. The largest absolute Gasteiger partial charge is 0.489 e. The molecular formula is C20H22N2O3. The Hall–Kier alpha value is -3.00. The van der Waals surface area contributed by atoms with E-state index in [0.717, 1.165) is 5.56 Å². The Morgan fingerprint density at radius 3 is 2.32 bits per heavy atom. The lowest BCUT2D eigenvalue weighted by Gasteiger charge is -2.10. The van der Waals surface area contributed by atoms with E-state index in [0.29, 0.717) is 17.4 Å². The van der Waals surface area contributed by atoms with Crippen LogP contribution in [0.25, 0.3) is 0 Å². The molecule has 0 aliphatic heterocycles. The molecule has 0 bridgehead atoms. The fraction of sp³-hybridized carbons (Fsp3) is 0.300. The second kappa shape index (κ2) is 8.74. The van der Waals surface area contributed by atoms with Crippen molar-refractivity contribution in [2.75, 3.05) is 0 Å². The second-order valence-corrected chi connectivity index (χ2v) is 5.82. The Morgan fingerprint density at radius 2 is 1.76 bits per heavy atom. The van der Waals surface area contributed by atoms with Gasteiger partial charge in [0.15, 0.2) is 0 Å². The van der Waals surface area contributed by atoms with Crippen LogP contribution in [0, 0.1) is 11.8 Å². The topological polar surface area (TPSA) is 60.5 Å². The molecule has 0 aliphatic rings. The first-order valence-electron chi connectivity index (χ1n) is 8.11. The third-order valence-electron chi connectivity index (χ3n) is 3.01. The van der Waals surface area contributed by atoms with Gasteiger partial charge in [-0.15, -0.1) is 0 Å². The molecule has 130 valence electrons. The summed E-state index contributed by atoms with van der Waals surface area (Å²) >= 11 is 0. The van der Waals surface area contributed by atoms with Crippen LogP contribution in [0.4, 0.5) is 0 Å². The van der Waals surface area contributed by atoms with Gasteiger partial charge in [0, 0.05) is 18.6 Å². The first-order valence-corrected chi connectivity index (χ1v) is 8.11. The molecule has 1 amide bonds. The van der Waals surface area contributed by atoms with E-state index < -0.39 is 0 Å². The smallest absolute Gasteiger partial charge is 0.219 e. The molecule has 25 heavy (non-hydrogen) atoms. The Balaban J connectivity index is 1.96. The van der Waals surface area contributed by atoms with Crippen LogP contribution in [0.5, 0.6) is 17.4 Å². The van der Waals surface area contributed by atoms with Gasteiger partial charge >= 0.3 is 0 Å². The van der Waals surface area contributed by atoms with Crippen LogP contribution in [-0.2, 0) is 4.79 Å². The lowest BCUT2D eigenvalue weighted by molar-refractivity contribution is -0.119. The van der Waals surface area contributed by atoms with Gasteiger partial charge < -0.3 is 14.8 Å². The minimum Gasteiger partial charge on any atom is -0.489 e. The third-order valence-corrected chi connectivity index (χ3v) is 3.01. The second-order valence-electron chi connectivity index (χ2n) is 5.82. The van der Waals surface area contributed by atoms with E-state index in [1.807, 2.05) is 51.1 Å². The number of pyridine rings is 1. The molecule has 1 aromatic heterocycles. The van der Waals surface area contributed by atoms with Crippen molar-refractivity contribution in [3.8, 4) is 29.2 Å². The summed E-state index contributed by atoms with van der Waals surface area (Å²) in [4.78, 5) is 15.2. The zero-order valence-corrected chi connectivity index (χ0v) is 14.9. The number of amides is 1. The average molecular weight is 338 g/mol. The zero-order valence-electron chi connectivity index (χ0n) is 14.9. The molecule has 0 saturated heterocycles. The standard InChI is InChI=1S/C20H22N2O3/c1-14(2)24-19-11-12-20(21-13-19)25-18-9-7-17(8-10-18)6-5-15(3)22-16(4)23/h7-15H,1-4H3,(H,22,23). The van der Waals surface area contributed by atoms with Crippen molar-refractivity contribution in [2.24, 2.45) is 0 Å². The van der Waals surface area contributed by atoms with Gasteiger partial charge in [-0.3, -0.25) is 4.79 Å². The minimum absolute atomic E-state index is 0.0946. The third kappa shape index (κ3) is 6.56. The number of ether oxygens (including phenoxy) is 2. The summed E-state index contributed by atoms with van der Waals surface area (Å²) in [5, 5.41) is 2.72. The molecule has 1 atom stereocenters. The van der Waals surface area contributed by atoms with Gasteiger partial charge in [-0.25, -0.2) is 4.98 Å². The average Bonchev–Trinajstić information content (AvgIpc) is 2.55. The summed E-state index contributed by atoms with van der Waals surface area (Å²) in [6.07, 6.45) is 1.74. The van der Waals surface area contributed by atoms with E-state index in [9.17, 15) is 4.79 Å². The quantitative estimate of drug-likeness (QED) is 0.847. The molecule has 1 N–H and O–H groups in total. The van der Waals surface area contributed by atoms with Crippen molar-refractivity contribution >= 4 is 5.91 Å². The Kier molecular flexibility index (Phi) is 6.41. The van der Waals surface area contributed by atoms with Gasteiger partial charge in [-0.2, -0.15) is 0 Å². The number of carbonyl (C=O) groups excluding carboxylic acids is 1. The fourth-order valence-electron chi connectivity index (χ4n) is 2.03. The number of nitrogens with zero attached hydrogens (tertiary/aromatic N) is 1. The summed E-state index contributed by atoms with van der Waals surface area (Å²) < 4.78 is 11.2. The lowest BCUT2D eigenvalue weighted by atomic mass is 10.2. The Labute approximate surface area is 148 Å². The number of carbonyl (C=O) groups is 1. The summed E-state index contributed by atoms with van der Waals surface area (Å²) in [7, 11) is 0. The van der Waals surface area contributed by atoms with Crippen LogP contribution in [0.15, 0.2) is 42.6 Å². The number of aromatic nitrogens is 1. The molecule has 0 radical (unpaired) electrons. The molecular weight excluding hydrogens is 316 g/mol. The van der Waals surface area contributed by atoms with Gasteiger partial charge in [0.1, 0.15) is 11.5 Å². The van der Waals surface area contributed by atoms with Crippen molar-refractivity contribution in [2.45, 2.75) is 39.8 Å². The van der Waals surface area contributed by atoms with Gasteiger partial charge in [-0.1, -0.05) is 11.8 Å². The van der Waals surface area contributed by atoms with Crippen molar-refractivity contribution in [1.82, 2.24) is 10.3 Å². The summed E-state index contributed by atoms with van der Waals surface area (Å²) in [6, 6.07) is 10.8. The maximum Gasteiger partial charge on any atom is 0.219 e. The van der Waals surface area contributed by atoms with Crippen molar-refractivity contribution in [3.05, 3.63) is 48.2 Å². The highest BCUT2D eigenvalue weighted by Crippen LogP contribution is 2.21. The highest BCUT2D eigenvalue weighted by atomic mass is 16.5. The van der Waals surface area contributed by atoms with Crippen molar-refractivity contribution in [1.29, 1.82) is 0 Å². The maximum atomic E-state index is 10.9. The van der Waals surface area contributed by atoms with Crippen LogP contribution in [0.2, 0.25) is 0 Å². The number of nitrogens with one attached hydrogen (secondary N) is 1. The number of rotatable bonds is 5. The normalized spacial score (nSPS) is 11.2. The van der Waals surface area contributed by atoms with Crippen LogP contribution >= 0.6 is 0 Å². The van der Waals surface area contributed by atoms with E-state index in [1.54, 1.807) is 12.3 Å². The van der Waals surface area contributed by atoms with E-state index in [1.165, 1.54) is 6.92 Å². The van der Waals surface area contributed by atoms with Gasteiger partial charge in [0.05, 0.1) is 18.3 Å². The van der Waals surface area contributed by atoms with Gasteiger partial charge in [-0.05, 0) is 51.1 Å². The Bertz CT molecular complexity index is 756. The van der Waals surface area contributed by atoms with Crippen molar-refractivity contribution < 1.29 is 14.3 Å². The summed E-state index contributed by atoms with van der Waals surface area (Å²) in [5.74, 6) is 7.77. The highest BCUT2D eigenvalue weighted by Gasteiger charge is 2.02. The van der Waals surface area contributed by atoms with E-state index >= 15 is 0 Å². The number of hydrogen-bond acceptors (Lipinski definition) is 4. The zero-order chi connectivity index (χ0) is 18.2. The monoisotopic (exact) mass is 338 g/mol. The summed E-state index contributed by atoms with van der Waals surface area (Å²) in [5.41, 5.74) is 0.846. The predicted molar refractivity (Wildman–Crippen MR) is 96.7 cm³/mol. The van der Waals surface area contributed by atoms with Crippen LogP contribution in [0.3, 0.4) is 0 Å². The molecule has 5 heteroatoms. The molecule has 1 heterocycles. The number of benzene rings is 1. The van der Waals surface area contributed by atoms with Crippen LogP contribution < -0.4 is 14.8 Å². The summed E-state index contributed by atoms with van der Waals surface area (Å²) in [6.45, 7) is 7.24. The first kappa shape index (κ1) is 18.3. The number of hydrogen-bond donors (Lipinski definition) is 1. The Morgan fingerprint density at radius 1 is 1.08 bits per heavy atom. The predicted octanol–water partition coefficient (Wildman–Crippen LogP) is 3.54. The molecule has 0 aliphatic carbocycles. The molecule has 0 saturated carbocycles. The molecule has 2 rings (SSSR count). The molecule has 2 aromatic rings. The SMILES string of the molecule is CC(=O)NC(C)C#Cc1ccc(Oc2ccc(OC(C)C)cn2)cc1. The molecule has 5 nitrogen and oxygen atoms in total. The lowest BCUT2D eigenvalue weighted by Crippen LogP contribution is -2.28.